The van der Waals surface area contributed by atoms with Crippen molar-refractivity contribution < 1.29 is 28.5 Å². The van der Waals surface area contributed by atoms with E-state index in [-0.39, 0.29) is 24.0 Å². The van der Waals surface area contributed by atoms with E-state index in [0.29, 0.717) is 0 Å². The summed E-state index contributed by atoms with van der Waals surface area (Å²) in [6.45, 7) is 2.93. The van der Waals surface area contributed by atoms with Crippen LogP contribution in [0.15, 0.2) is 76.5 Å². The molecule has 3 nitrogen and oxygen atoms in total. The van der Waals surface area contributed by atoms with E-state index in [2.05, 4.69) is 58.7 Å². The van der Waals surface area contributed by atoms with E-state index in [0.717, 1.165) is 49.3 Å². The van der Waals surface area contributed by atoms with Gasteiger partial charge in [0.15, 0.2) is 0 Å². The highest BCUT2D eigenvalue weighted by atomic mass is 127. The highest BCUT2D eigenvalue weighted by molar-refractivity contribution is 8.04. The molecule has 0 aliphatic rings. The van der Waals surface area contributed by atoms with Crippen molar-refractivity contribution in [1.82, 2.24) is 0 Å². The van der Waals surface area contributed by atoms with Crippen molar-refractivity contribution >= 4 is 45.2 Å². The maximum atomic E-state index is 9.11. The molecule has 0 aliphatic carbocycles. The Morgan fingerprint density at radius 1 is 0.793 bits per heavy atom. The summed E-state index contributed by atoms with van der Waals surface area (Å²) >= 11 is 2.36. The van der Waals surface area contributed by atoms with E-state index in [1.54, 1.807) is 0 Å². The van der Waals surface area contributed by atoms with Crippen LogP contribution in [0.1, 0.15) is 6.92 Å². The summed E-state index contributed by atoms with van der Waals surface area (Å²) < 4.78 is 2.30. The van der Waals surface area contributed by atoms with Gasteiger partial charge in [0.25, 0.3) is 0 Å². The molecule has 0 atom stereocenters. The van der Waals surface area contributed by atoms with Gasteiger partial charge in [0.2, 0.25) is 11.2 Å². The summed E-state index contributed by atoms with van der Waals surface area (Å²) in [5.41, 5.74) is 3.37. The van der Waals surface area contributed by atoms with Gasteiger partial charge < -0.3 is 24.0 Å². The molecule has 0 saturated carbocycles. The predicted octanol–water partition coefficient (Wildman–Crippen LogP) is 3.12. The Morgan fingerprint density at radius 3 is 2.03 bits per heavy atom. The van der Waals surface area contributed by atoms with E-state index in [1.165, 1.54) is 23.5 Å². The number of hydrogen-bond donors (Lipinski definition) is 0. The Hall–Kier alpha value is -2.26. The van der Waals surface area contributed by atoms with Gasteiger partial charge in [-0.1, -0.05) is 24.3 Å². The molecule has 0 amide bonds. The maximum Gasteiger partial charge on any atom is 0.220 e. The summed E-state index contributed by atoms with van der Waals surface area (Å²) in [5, 5.41) is 25.9. The van der Waals surface area contributed by atoms with Gasteiger partial charge in [-0.05, 0) is 66.8 Å². The van der Waals surface area contributed by atoms with Crippen molar-refractivity contribution in [2.75, 3.05) is 0 Å². The average Bonchev–Trinajstić information content (AvgIpc) is 2.73. The molecule has 0 spiro atoms. The van der Waals surface area contributed by atoms with Crippen LogP contribution in [0.2, 0.25) is 0 Å². The first-order valence-corrected chi connectivity index (χ1v) is 10.5. The molecule has 3 aromatic carbocycles. The zero-order valence-corrected chi connectivity index (χ0v) is 19.4. The van der Waals surface area contributed by atoms with Gasteiger partial charge in [0, 0.05) is 26.8 Å². The molecule has 4 aromatic rings. The zero-order valence-electron chi connectivity index (χ0n) is 15.6. The number of fused-ring (bicyclic) bond motifs is 3. The number of nitriles is 2. The number of rotatable bonds is 4. The van der Waals surface area contributed by atoms with Crippen LogP contribution in [0, 0.1) is 21.3 Å². The number of aromatic nitrogens is 1. The van der Waals surface area contributed by atoms with Gasteiger partial charge in [-0.15, -0.1) is 0 Å². The second-order valence-corrected chi connectivity index (χ2v) is 7.95. The number of thioether (sulfide) groups is 2. The minimum atomic E-state index is 0. The number of pyridine rings is 1. The van der Waals surface area contributed by atoms with E-state index in [1.807, 2.05) is 30.3 Å². The molecular weight excluding hydrogens is 509 g/mol. The van der Waals surface area contributed by atoms with E-state index in [9.17, 15) is 0 Å². The lowest BCUT2D eigenvalue weighted by atomic mass is 9.99. The van der Waals surface area contributed by atoms with Crippen LogP contribution in [0.4, 0.5) is 0 Å². The van der Waals surface area contributed by atoms with Crippen molar-refractivity contribution in [3.8, 4) is 22.1 Å². The molecule has 0 radical (unpaired) electrons. The van der Waals surface area contributed by atoms with Crippen LogP contribution in [-0.2, 0) is 6.54 Å². The molecule has 1 heterocycles. The quantitative estimate of drug-likeness (QED) is 0.135. The first-order chi connectivity index (χ1) is 13.8. The second-order valence-electron chi connectivity index (χ2n) is 6.23. The standard InChI is InChI=1S/C23H16N3S2.HI/c1-2-26-22-13-18(28-15-25)9-11-20(22)19-10-8-17(27-14-24)12-21(19)23(26)16-6-4-3-5-7-16;/h3-13H,2H2,1H3;1H/q+1;/p-1. The van der Waals surface area contributed by atoms with Crippen LogP contribution in [0.25, 0.3) is 32.9 Å². The molecule has 0 unspecified atom stereocenters. The number of hydrogen-bond acceptors (Lipinski definition) is 4. The predicted molar refractivity (Wildman–Crippen MR) is 116 cm³/mol. The smallest absolute Gasteiger partial charge is 0.220 e. The van der Waals surface area contributed by atoms with Crippen LogP contribution in [0.5, 0.6) is 0 Å². The minimum Gasteiger partial charge on any atom is -1.00 e. The normalized spacial score (nSPS) is 10.3. The largest absolute Gasteiger partial charge is 1.00 e. The molecule has 0 aliphatic heterocycles. The van der Waals surface area contributed by atoms with Crippen molar-refractivity contribution in [3.05, 3.63) is 66.7 Å². The lowest BCUT2D eigenvalue weighted by molar-refractivity contribution is -0.655. The Balaban J connectivity index is 0.00000240. The summed E-state index contributed by atoms with van der Waals surface area (Å²) in [5.74, 6) is 0. The van der Waals surface area contributed by atoms with E-state index >= 15 is 0 Å². The molecule has 0 bridgehead atoms. The van der Waals surface area contributed by atoms with Gasteiger partial charge in [-0.3, -0.25) is 0 Å². The van der Waals surface area contributed by atoms with Gasteiger partial charge in [-0.2, -0.15) is 15.1 Å². The topological polar surface area (TPSA) is 51.5 Å². The number of thiocyanates is 2. The lowest BCUT2D eigenvalue weighted by Gasteiger charge is -2.12. The highest BCUT2D eigenvalue weighted by Gasteiger charge is 2.23. The molecule has 0 N–H and O–H groups in total. The lowest BCUT2D eigenvalue weighted by Crippen LogP contribution is -3.00. The summed E-state index contributed by atoms with van der Waals surface area (Å²) in [4.78, 5) is 1.87. The molecule has 6 heteroatoms. The zero-order chi connectivity index (χ0) is 19.5. The highest BCUT2D eigenvalue weighted by Crippen LogP contribution is 2.35. The molecule has 0 saturated heterocycles. The fraction of sp³-hybridized carbons (Fsp3) is 0.0870. The Bertz CT molecular complexity index is 1280. The van der Waals surface area contributed by atoms with E-state index in [4.69, 9.17) is 10.5 Å². The van der Waals surface area contributed by atoms with Crippen LogP contribution >= 0.6 is 23.5 Å². The first kappa shape index (κ1) is 21.4. The van der Waals surface area contributed by atoms with Gasteiger partial charge >= 0.3 is 0 Å². The molecule has 1 aromatic heterocycles. The van der Waals surface area contributed by atoms with Crippen LogP contribution in [0.3, 0.4) is 0 Å². The second kappa shape index (κ2) is 9.49. The number of nitrogens with zero attached hydrogens (tertiary/aromatic N) is 3. The average molecular weight is 525 g/mol. The number of halogens is 1. The SMILES string of the molecule is CC[n+]1c(-c2ccccc2)c2cc(SC#N)ccc2c2ccc(SC#N)cc21.[I-]. The third kappa shape index (κ3) is 4.06. The third-order valence-corrected chi connectivity index (χ3v) is 5.92. The number of benzene rings is 3. The molecule has 142 valence electrons. The maximum absolute atomic E-state index is 9.11. The molecular formula is C23H16IN3S2. The fourth-order valence-electron chi connectivity index (χ4n) is 3.65. The third-order valence-electron chi connectivity index (χ3n) is 4.76. The summed E-state index contributed by atoms with van der Waals surface area (Å²) in [6, 6.07) is 22.7. The van der Waals surface area contributed by atoms with Gasteiger partial charge in [-0.25, -0.2) is 0 Å². The molecule has 29 heavy (non-hydrogen) atoms. The van der Waals surface area contributed by atoms with Crippen molar-refractivity contribution in [3.63, 3.8) is 0 Å². The Kier molecular flexibility index (Phi) is 7.02. The summed E-state index contributed by atoms with van der Waals surface area (Å²) in [7, 11) is 0. The summed E-state index contributed by atoms with van der Waals surface area (Å²) in [6.07, 6.45) is 0. The Labute approximate surface area is 195 Å². The number of aryl methyl sites for hydroxylation is 1. The molecule has 0 fully saturated rings. The van der Waals surface area contributed by atoms with Gasteiger partial charge in [0.05, 0.1) is 10.8 Å². The minimum absolute atomic E-state index is 0. The van der Waals surface area contributed by atoms with Crippen LogP contribution < -0.4 is 28.5 Å². The first-order valence-electron chi connectivity index (χ1n) is 8.87. The van der Waals surface area contributed by atoms with Crippen molar-refractivity contribution in [2.45, 2.75) is 23.3 Å². The van der Waals surface area contributed by atoms with Crippen molar-refractivity contribution in [1.29, 1.82) is 10.5 Å². The van der Waals surface area contributed by atoms with Crippen LogP contribution in [-0.4, -0.2) is 0 Å². The Morgan fingerprint density at radius 2 is 1.41 bits per heavy atom. The molecule has 4 rings (SSSR count). The monoisotopic (exact) mass is 525 g/mol. The fourth-order valence-corrected chi connectivity index (χ4v) is 4.48. The van der Waals surface area contributed by atoms with Crippen molar-refractivity contribution in [2.24, 2.45) is 0 Å². The van der Waals surface area contributed by atoms with E-state index < -0.39 is 0 Å². The van der Waals surface area contributed by atoms with Gasteiger partial charge in [0.1, 0.15) is 17.3 Å².